The second kappa shape index (κ2) is 7.97. The van der Waals surface area contributed by atoms with Crippen LogP contribution in [0.4, 0.5) is 0 Å². The highest BCUT2D eigenvalue weighted by atomic mass is 31.2. The summed E-state index contributed by atoms with van der Waals surface area (Å²) in [5.74, 6) is 0.458. The molecule has 0 saturated heterocycles. The van der Waals surface area contributed by atoms with Gasteiger partial charge in [-0.25, -0.2) is 4.57 Å². The summed E-state index contributed by atoms with van der Waals surface area (Å²) in [5, 5.41) is 0. The zero-order chi connectivity index (χ0) is 13.3. The molecule has 17 heavy (non-hydrogen) atoms. The van der Waals surface area contributed by atoms with Gasteiger partial charge in [-0.05, 0) is 18.6 Å². The van der Waals surface area contributed by atoms with E-state index in [0.29, 0.717) is 12.2 Å². The molecule has 0 saturated carbocycles. The van der Waals surface area contributed by atoms with Gasteiger partial charge in [-0.15, -0.1) is 0 Å². The van der Waals surface area contributed by atoms with Crippen molar-refractivity contribution < 1.29 is 28.8 Å². The fourth-order valence-corrected chi connectivity index (χ4v) is 0.875. The van der Waals surface area contributed by atoms with Crippen molar-refractivity contribution in [3.05, 3.63) is 30.3 Å². The van der Waals surface area contributed by atoms with Gasteiger partial charge in [0.15, 0.2) is 0 Å². The van der Waals surface area contributed by atoms with Gasteiger partial charge in [-0.3, -0.25) is 4.79 Å². The molecule has 0 aliphatic heterocycles. The normalized spacial score (nSPS) is 10.1. The molecule has 0 aliphatic carbocycles. The first-order valence-electron chi connectivity index (χ1n) is 4.87. The van der Waals surface area contributed by atoms with Gasteiger partial charge >= 0.3 is 13.8 Å². The van der Waals surface area contributed by atoms with Crippen LogP contribution >= 0.6 is 7.82 Å². The first-order valence-corrected chi connectivity index (χ1v) is 6.43. The lowest BCUT2D eigenvalue weighted by Gasteiger charge is -2.01. The second-order valence-corrected chi connectivity index (χ2v) is 4.08. The summed E-state index contributed by atoms with van der Waals surface area (Å²) in [6, 6.07) is 9.11. The third-order valence-corrected chi connectivity index (χ3v) is 1.43. The van der Waals surface area contributed by atoms with Gasteiger partial charge in [0, 0.05) is 6.42 Å². The van der Waals surface area contributed by atoms with Crippen LogP contribution in [0.3, 0.4) is 0 Å². The van der Waals surface area contributed by atoms with E-state index in [1.54, 1.807) is 12.1 Å². The summed E-state index contributed by atoms with van der Waals surface area (Å²) in [4.78, 5) is 32.6. The maximum absolute atomic E-state index is 11.0. The number of rotatable bonds is 3. The summed E-state index contributed by atoms with van der Waals surface area (Å²) in [6.45, 7) is 1.95. The van der Waals surface area contributed by atoms with E-state index in [1.165, 1.54) is 0 Å². The third-order valence-electron chi connectivity index (χ3n) is 1.43. The van der Waals surface area contributed by atoms with Crippen LogP contribution in [-0.2, 0) is 9.36 Å². The fraction of sp³-hybridized carbons (Fsp3) is 0.300. The monoisotopic (exact) mass is 262 g/mol. The van der Waals surface area contributed by atoms with Crippen LogP contribution in [0.2, 0.25) is 0 Å². The lowest BCUT2D eigenvalue weighted by Crippen LogP contribution is -2.06. The van der Waals surface area contributed by atoms with Gasteiger partial charge in [0.25, 0.3) is 0 Å². The highest BCUT2D eigenvalue weighted by Crippen LogP contribution is 2.25. The molecule has 1 aromatic carbocycles. The smallest absolute Gasteiger partial charge is 0.427 e. The molecule has 3 N–H and O–H groups in total. The third kappa shape index (κ3) is 12.7. The summed E-state index contributed by atoms with van der Waals surface area (Å²) in [5.41, 5.74) is 0. The van der Waals surface area contributed by atoms with Gasteiger partial charge in [0.1, 0.15) is 5.75 Å². The van der Waals surface area contributed by atoms with Crippen molar-refractivity contribution >= 4 is 13.8 Å². The molecule has 0 bridgehead atoms. The van der Waals surface area contributed by atoms with Crippen LogP contribution in [0.1, 0.15) is 19.8 Å². The van der Waals surface area contributed by atoms with E-state index in [0.717, 1.165) is 6.42 Å². The molecule has 0 amide bonds. The van der Waals surface area contributed by atoms with E-state index in [1.807, 2.05) is 25.1 Å². The SMILES string of the molecule is CCCC(=O)Oc1ccccc1.O=P(O)(O)O. The van der Waals surface area contributed by atoms with Crippen molar-refractivity contribution in [1.82, 2.24) is 0 Å². The Morgan fingerprint density at radius 3 is 2.12 bits per heavy atom. The number of carbonyl (C=O) groups excluding carboxylic acids is 1. The number of benzene rings is 1. The zero-order valence-electron chi connectivity index (χ0n) is 9.31. The fourth-order valence-electron chi connectivity index (χ4n) is 0.875. The van der Waals surface area contributed by atoms with Crippen molar-refractivity contribution in [2.75, 3.05) is 0 Å². The molecule has 0 aromatic heterocycles. The van der Waals surface area contributed by atoms with Gasteiger partial charge in [0.2, 0.25) is 0 Å². The summed E-state index contributed by atoms with van der Waals surface area (Å²) >= 11 is 0. The molecular formula is C10H15O6P. The Bertz CT molecular complexity index is 363. The molecule has 7 heteroatoms. The van der Waals surface area contributed by atoms with Gasteiger partial charge in [-0.1, -0.05) is 25.1 Å². The molecule has 0 heterocycles. The molecule has 96 valence electrons. The first-order chi connectivity index (χ1) is 7.83. The van der Waals surface area contributed by atoms with E-state index in [-0.39, 0.29) is 5.97 Å². The van der Waals surface area contributed by atoms with Crippen LogP contribution < -0.4 is 4.74 Å². The quantitative estimate of drug-likeness (QED) is 0.433. The lowest BCUT2D eigenvalue weighted by atomic mass is 10.3. The Morgan fingerprint density at radius 1 is 1.24 bits per heavy atom. The molecular weight excluding hydrogens is 247 g/mol. The number of para-hydroxylation sites is 1. The van der Waals surface area contributed by atoms with E-state index in [9.17, 15) is 4.79 Å². The molecule has 0 aliphatic rings. The minimum Gasteiger partial charge on any atom is -0.427 e. The molecule has 0 radical (unpaired) electrons. The Morgan fingerprint density at radius 2 is 1.71 bits per heavy atom. The molecule has 0 unspecified atom stereocenters. The Kier molecular flexibility index (Phi) is 7.41. The van der Waals surface area contributed by atoms with E-state index in [4.69, 9.17) is 24.0 Å². The van der Waals surface area contributed by atoms with Gasteiger partial charge in [-0.2, -0.15) is 0 Å². The maximum Gasteiger partial charge on any atom is 0.466 e. The molecule has 0 fully saturated rings. The Hall–Kier alpha value is -1.20. The van der Waals surface area contributed by atoms with Crippen molar-refractivity contribution in [2.24, 2.45) is 0 Å². The summed E-state index contributed by atoms with van der Waals surface area (Å²) in [7, 11) is -4.64. The Labute approximate surface area is 99.1 Å². The van der Waals surface area contributed by atoms with E-state index in [2.05, 4.69) is 0 Å². The molecule has 0 spiro atoms. The predicted octanol–water partition coefficient (Wildman–Crippen LogP) is 1.46. The second-order valence-electron chi connectivity index (χ2n) is 3.05. The predicted molar refractivity (Wildman–Crippen MR) is 61.2 cm³/mol. The summed E-state index contributed by atoms with van der Waals surface area (Å²) in [6.07, 6.45) is 1.31. The molecule has 1 rings (SSSR count). The van der Waals surface area contributed by atoms with Crippen molar-refractivity contribution in [3.8, 4) is 5.75 Å². The summed E-state index contributed by atoms with van der Waals surface area (Å²) < 4.78 is 13.9. The van der Waals surface area contributed by atoms with Crippen LogP contribution in [0.25, 0.3) is 0 Å². The largest absolute Gasteiger partial charge is 0.466 e. The van der Waals surface area contributed by atoms with E-state index < -0.39 is 7.82 Å². The van der Waals surface area contributed by atoms with Crippen LogP contribution in [0, 0.1) is 0 Å². The number of hydrogen-bond donors (Lipinski definition) is 3. The van der Waals surface area contributed by atoms with Crippen LogP contribution in [0.5, 0.6) is 5.75 Å². The first kappa shape index (κ1) is 15.8. The van der Waals surface area contributed by atoms with Crippen molar-refractivity contribution in [2.45, 2.75) is 19.8 Å². The maximum atomic E-state index is 11.0. The highest BCUT2D eigenvalue weighted by molar-refractivity contribution is 7.45. The minimum atomic E-state index is -4.64. The minimum absolute atomic E-state index is 0.163. The zero-order valence-corrected chi connectivity index (χ0v) is 10.2. The number of phosphoric acid groups is 1. The highest BCUT2D eigenvalue weighted by Gasteiger charge is 2.01. The standard InChI is InChI=1S/C10H12O2.H3O4P/c1-2-6-10(11)12-9-7-4-3-5-8-9;1-5(2,3)4/h3-5,7-8H,2,6H2,1H3;(H3,1,2,3,4). The average molecular weight is 262 g/mol. The van der Waals surface area contributed by atoms with Gasteiger partial charge in [0.05, 0.1) is 0 Å². The van der Waals surface area contributed by atoms with E-state index >= 15 is 0 Å². The molecule has 1 aromatic rings. The van der Waals surface area contributed by atoms with Gasteiger partial charge < -0.3 is 19.4 Å². The number of hydrogen-bond acceptors (Lipinski definition) is 3. The molecule has 6 nitrogen and oxygen atoms in total. The Balaban J connectivity index is 0.000000437. The van der Waals surface area contributed by atoms with Crippen LogP contribution in [0.15, 0.2) is 30.3 Å². The average Bonchev–Trinajstić information content (AvgIpc) is 2.16. The number of ether oxygens (including phenoxy) is 1. The van der Waals surface area contributed by atoms with Crippen molar-refractivity contribution in [1.29, 1.82) is 0 Å². The molecule has 0 atom stereocenters. The van der Waals surface area contributed by atoms with Crippen molar-refractivity contribution in [3.63, 3.8) is 0 Å². The number of carbonyl (C=O) groups is 1. The lowest BCUT2D eigenvalue weighted by molar-refractivity contribution is -0.134. The topological polar surface area (TPSA) is 104 Å². The van der Waals surface area contributed by atoms with Crippen LogP contribution in [-0.4, -0.2) is 20.6 Å². The number of esters is 1.